The molecular formula is C18H30O2. The summed E-state index contributed by atoms with van der Waals surface area (Å²) in [5.41, 5.74) is 0. The summed E-state index contributed by atoms with van der Waals surface area (Å²) in [5.74, 6) is -0.707. The van der Waals surface area contributed by atoms with E-state index in [1.54, 1.807) is 0 Å². The van der Waals surface area contributed by atoms with Crippen molar-refractivity contribution in [1.29, 1.82) is 0 Å². The van der Waals surface area contributed by atoms with Gasteiger partial charge in [-0.3, -0.25) is 4.79 Å². The normalized spacial score (nSPS) is 12.1. The highest BCUT2D eigenvalue weighted by molar-refractivity contribution is 5.66. The molecule has 0 aliphatic rings. The van der Waals surface area contributed by atoms with E-state index in [0.29, 0.717) is 0 Å². The molecule has 2 heteroatoms. The number of aliphatic carboxylic acids is 1. The number of unbranched alkanes of at least 4 members (excludes halogenated alkanes) is 5. The van der Waals surface area contributed by atoms with E-state index in [-0.39, 0.29) is 6.42 Å². The number of carboxylic acid groups (broad SMARTS) is 1. The molecule has 0 atom stereocenters. The van der Waals surface area contributed by atoms with E-state index in [0.717, 1.165) is 32.1 Å². The van der Waals surface area contributed by atoms with Crippen LogP contribution in [0.2, 0.25) is 0 Å². The predicted octanol–water partition coefficient (Wildman–Crippen LogP) is 5.66. The van der Waals surface area contributed by atoms with Crippen LogP contribution in [0.3, 0.4) is 0 Å². The highest BCUT2D eigenvalue weighted by Crippen LogP contribution is 2.02. The van der Waals surface area contributed by atoms with Gasteiger partial charge in [-0.05, 0) is 44.9 Å². The zero-order chi connectivity index (χ0) is 14.9. The maximum Gasteiger partial charge on any atom is 0.303 e. The molecule has 0 aromatic rings. The molecular weight excluding hydrogens is 248 g/mol. The fourth-order valence-electron chi connectivity index (χ4n) is 1.82. The molecule has 1 N–H and O–H groups in total. The highest BCUT2D eigenvalue weighted by atomic mass is 16.4. The van der Waals surface area contributed by atoms with Crippen LogP contribution in [-0.2, 0) is 4.79 Å². The Morgan fingerprint density at radius 3 is 2.00 bits per heavy atom. The minimum Gasteiger partial charge on any atom is -0.481 e. The van der Waals surface area contributed by atoms with Crippen molar-refractivity contribution in [3.63, 3.8) is 0 Å². The zero-order valence-electron chi connectivity index (χ0n) is 12.9. The van der Waals surface area contributed by atoms with Crippen LogP contribution >= 0.6 is 0 Å². The van der Waals surface area contributed by atoms with Crippen LogP contribution < -0.4 is 0 Å². The molecule has 2 nitrogen and oxygen atoms in total. The maximum absolute atomic E-state index is 10.3. The van der Waals surface area contributed by atoms with Gasteiger partial charge in [0.25, 0.3) is 0 Å². The molecule has 0 fully saturated rings. The Morgan fingerprint density at radius 1 is 0.800 bits per heavy atom. The summed E-state index contributed by atoms with van der Waals surface area (Å²) in [4.78, 5) is 10.3. The summed E-state index contributed by atoms with van der Waals surface area (Å²) < 4.78 is 0. The second kappa shape index (κ2) is 15.7. The first kappa shape index (κ1) is 18.7. The molecule has 0 aliphatic carbocycles. The highest BCUT2D eigenvalue weighted by Gasteiger charge is 1.92. The van der Waals surface area contributed by atoms with Crippen molar-refractivity contribution in [2.24, 2.45) is 0 Å². The number of carboxylic acids is 1. The molecule has 0 amide bonds. The molecule has 0 aliphatic heterocycles. The summed E-state index contributed by atoms with van der Waals surface area (Å²) in [5, 5.41) is 8.48. The van der Waals surface area contributed by atoms with Crippen molar-refractivity contribution in [2.75, 3.05) is 0 Å². The minimum absolute atomic E-state index is 0.269. The average Bonchev–Trinajstić information content (AvgIpc) is 2.43. The van der Waals surface area contributed by atoms with Gasteiger partial charge in [-0.2, -0.15) is 0 Å². The van der Waals surface area contributed by atoms with Gasteiger partial charge in [-0.15, -0.1) is 0 Å². The number of carbonyl (C=O) groups is 1. The second-order valence-corrected chi connectivity index (χ2v) is 5.01. The molecule has 0 bridgehead atoms. The van der Waals surface area contributed by atoms with Gasteiger partial charge in [-0.25, -0.2) is 0 Å². The summed E-state index contributed by atoms with van der Waals surface area (Å²) in [6, 6.07) is 0. The van der Waals surface area contributed by atoms with Crippen molar-refractivity contribution >= 4 is 5.97 Å². The van der Waals surface area contributed by atoms with Crippen molar-refractivity contribution in [3.05, 3.63) is 36.5 Å². The lowest BCUT2D eigenvalue weighted by Crippen LogP contribution is -1.92. The predicted molar refractivity (Wildman–Crippen MR) is 86.9 cm³/mol. The lowest BCUT2D eigenvalue weighted by molar-refractivity contribution is -0.137. The van der Waals surface area contributed by atoms with Crippen molar-refractivity contribution in [1.82, 2.24) is 0 Å². The van der Waals surface area contributed by atoms with Crippen LogP contribution in [0.15, 0.2) is 36.5 Å². The summed E-state index contributed by atoms with van der Waals surface area (Å²) in [6.45, 7) is 2.23. The first-order chi connectivity index (χ1) is 9.77. The quantitative estimate of drug-likeness (QED) is 0.348. The van der Waals surface area contributed by atoms with Crippen LogP contribution in [0.5, 0.6) is 0 Å². The monoisotopic (exact) mass is 278 g/mol. The van der Waals surface area contributed by atoms with Crippen LogP contribution in [0.1, 0.15) is 71.1 Å². The molecule has 0 heterocycles. The lowest BCUT2D eigenvalue weighted by atomic mass is 10.2. The molecule has 0 rings (SSSR count). The van der Waals surface area contributed by atoms with E-state index in [9.17, 15) is 4.79 Å². The van der Waals surface area contributed by atoms with Crippen molar-refractivity contribution in [2.45, 2.75) is 71.1 Å². The van der Waals surface area contributed by atoms with E-state index in [1.165, 1.54) is 25.7 Å². The van der Waals surface area contributed by atoms with Crippen molar-refractivity contribution < 1.29 is 9.90 Å². The Labute approximate surface area is 124 Å². The second-order valence-electron chi connectivity index (χ2n) is 5.01. The molecule has 0 saturated heterocycles. The van der Waals surface area contributed by atoms with E-state index in [4.69, 9.17) is 5.11 Å². The van der Waals surface area contributed by atoms with Gasteiger partial charge in [0.2, 0.25) is 0 Å². The molecule has 0 radical (unpaired) electrons. The maximum atomic E-state index is 10.3. The van der Waals surface area contributed by atoms with Gasteiger partial charge < -0.3 is 5.11 Å². The SMILES string of the molecule is CCCCCC=CCCC=CC/C=C\CCCC(=O)O. The average molecular weight is 278 g/mol. The fourth-order valence-corrected chi connectivity index (χ4v) is 1.82. The summed E-state index contributed by atoms with van der Waals surface area (Å²) >= 11 is 0. The van der Waals surface area contributed by atoms with Gasteiger partial charge in [0, 0.05) is 6.42 Å². The number of hydrogen-bond acceptors (Lipinski definition) is 1. The van der Waals surface area contributed by atoms with Gasteiger partial charge >= 0.3 is 5.97 Å². The minimum atomic E-state index is -0.707. The van der Waals surface area contributed by atoms with Gasteiger partial charge in [0.1, 0.15) is 0 Å². The van der Waals surface area contributed by atoms with Crippen LogP contribution in [0.25, 0.3) is 0 Å². The van der Waals surface area contributed by atoms with Gasteiger partial charge in [-0.1, -0.05) is 56.2 Å². The standard InChI is InChI=1S/C18H30O2/c1-2-3-4-5-6-7-8-9-10-11-12-13-14-15-16-17-18(19)20/h6-7,10-11,13-14H,2-5,8-9,12,15-17H2,1H3,(H,19,20)/b7-6?,11-10?,14-13-. The third-order valence-corrected chi connectivity index (χ3v) is 3.01. The summed E-state index contributed by atoms with van der Waals surface area (Å²) in [6.07, 6.45) is 23.4. The Morgan fingerprint density at radius 2 is 1.35 bits per heavy atom. The van der Waals surface area contributed by atoms with Crippen molar-refractivity contribution in [3.8, 4) is 0 Å². The largest absolute Gasteiger partial charge is 0.481 e. The lowest BCUT2D eigenvalue weighted by Gasteiger charge is -1.92. The van der Waals surface area contributed by atoms with Crippen LogP contribution in [0.4, 0.5) is 0 Å². The Bertz CT molecular complexity index is 301. The third-order valence-electron chi connectivity index (χ3n) is 3.01. The van der Waals surface area contributed by atoms with E-state index in [1.807, 2.05) is 0 Å². The number of hydrogen-bond donors (Lipinski definition) is 1. The van der Waals surface area contributed by atoms with E-state index < -0.39 is 5.97 Å². The Hall–Kier alpha value is -1.31. The molecule has 0 aromatic heterocycles. The molecule has 114 valence electrons. The Kier molecular flexibility index (Phi) is 14.7. The smallest absolute Gasteiger partial charge is 0.303 e. The van der Waals surface area contributed by atoms with Crippen LogP contribution in [-0.4, -0.2) is 11.1 Å². The summed E-state index contributed by atoms with van der Waals surface area (Å²) in [7, 11) is 0. The van der Waals surface area contributed by atoms with Crippen LogP contribution in [0, 0.1) is 0 Å². The van der Waals surface area contributed by atoms with E-state index in [2.05, 4.69) is 43.4 Å². The van der Waals surface area contributed by atoms with Gasteiger partial charge in [0.05, 0.1) is 0 Å². The van der Waals surface area contributed by atoms with Gasteiger partial charge in [0.15, 0.2) is 0 Å². The molecule has 0 spiro atoms. The topological polar surface area (TPSA) is 37.3 Å². The number of rotatable bonds is 13. The molecule has 0 aromatic carbocycles. The first-order valence-electron chi connectivity index (χ1n) is 7.94. The third kappa shape index (κ3) is 16.7. The van der Waals surface area contributed by atoms with E-state index >= 15 is 0 Å². The Balaban J connectivity index is 3.31. The number of allylic oxidation sites excluding steroid dienone is 6. The molecule has 20 heavy (non-hydrogen) atoms. The first-order valence-corrected chi connectivity index (χ1v) is 7.94. The molecule has 0 saturated carbocycles. The molecule has 0 unspecified atom stereocenters. The zero-order valence-corrected chi connectivity index (χ0v) is 12.9. The fraction of sp³-hybridized carbons (Fsp3) is 0.611.